The van der Waals surface area contributed by atoms with E-state index in [2.05, 4.69) is 4.98 Å². The highest BCUT2D eigenvalue weighted by Crippen LogP contribution is 2.23. The average molecular weight is 423 g/mol. The Morgan fingerprint density at radius 3 is 2.43 bits per heavy atom. The summed E-state index contributed by atoms with van der Waals surface area (Å²) in [5, 5.41) is 0.864. The number of aryl methyl sites for hydroxylation is 2. The normalized spacial score (nSPS) is 12.0. The Balaban J connectivity index is 1.78. The fourth-order valence-electron chi connectivity index (χ4n) is 3.42. The fourth-order valence-corrected chi connectivity index (χ4v) is 4.83. The highest BCUT2D eigenvalue weighted by molar-refractivity contribution is 7.89. The number of hydrogen-bond donors (Lipinski definition) is 1. The van der Waals surface area contributed by atoms with Gasteiger partial charge in [-0.15, -0.1) is 0 Å². The van der Waals surface area contributed by atoms with Crippen molar-refractivity contribution in [2.45, 2.75) is 31.8 Å². The Morgan fingerprint density at radius 1 is 0.967 bits per heavy atom. The van der Waals surface area contributed by atoms with Gasteiger partial charge in [-0.2, -0.15) is 4.31 Å². The third kappa shape index (κ3) is 3.81. The molecular formula is C23H22N2O4S. The van der Waals surface area contributed by atoms with Gasteiger partial charge in [-0.25, -0.2) is 8.42 Å². The lowest BCUT2D eigenvalue weighted by Crippen LogP contribution is -2.32. The third-order valence-electron chi connectivity index (χ3n) is 5.27. The van der Waals surface area contributed by atoms with Gasteiger partial charge in [0.15, 0.2) is 0 Å². The van der Waals surface area contributed by atoms with E-state index in [1.165, 1.54) is 10.6 Å². The minimum absolute atomic E-state index is 0.0225. The zero-order valence-electron chi connectivity index (χ0n) is 16.8. The van der Waals surface area contributed by atoms with E-state index >= 15 is 0 Å². The minimum atomic E-state index is -3.84. The first-order valence-electron chi connectivity index (χ1n) is 9.56. The lowest BCUT2D eigenvalue weighted by atomic mass is 10.0. The van der Waals surface area contributed by atoms with Crippen LogP contribution in [0.25, 0.3) is 10.9 Å². The van der Waals surface area contributed by atoms with Gasteiger partial charge in [0.1, 0.15) is 5.76 Å². The number of aromatic nitrogens is 1. The largest absolute Gasteiger partial charge is 0.468 e. The summed E-state index contributed by atoms with van der Waals surface area (Å²) >= 11 is 0. The summed E-state index contributed by atoms with van der Waals surface area (Å²) in [6.07, 6.45) is 1.50. The second-order valence-corrected chi connectivity index (χ2v) is 9.20. The molecule has 0 aliphatic rings. The van der Waals surface area contributed by atoms with Crippen LogP contribution in [0.15, 0.2) is 81.0 Å². The van der Waals surface area contributed by atoms with Crippen LogP contribution in [0.1, 0.15) is 22.5 Å². The Morgan fingerprint density at radius 2 is 1.73 bits per heavy atom. The molecule has 0 spiro atoms. The van der Waals surface area contributed by atoms with Crippen molar-refractivity contribution in [1.29, 1.82) is 0 Å². The number of benzene rings is 2. The average Bonchev–Trinajstić information content (AvgIpc) is 3.25. The Kier molecular flexibility index (Phi) is 5.32. The number of nitrogens with one attached hydrogen (secondary N) is 1. The molecule has 4 rings (SSSR count). The second kappa shape index (κ2) is 7.93. The van der Waals surface area contributed by atoms with E-state index in [1.807, 2.05) is 26.0 Å². The van der Waals surface area contributed by atoms with Crippen molar-refractivity contribution in [2.75, 3.05) is 0 Å². The number of aromatic amines is 1. The number of nitrogens with zero attached hydrogens (tertiary/aromatic N) is 1. The van der Waals surface area contributed by atoms with E-state index in [0.29, 0.717) is 11.3 Å². The van der Waals surface area contributed by atoms with Crippen molar-refractivity contribution in [1.82, 2.24) is 9.29 Å². The molecule has 0 saturated heterocycles. The maximum absolute atomic E-state index is 13.3. The van der Waals surface area contributed by atoms with Gasteiger partial charge in [0.2, 0.25) is 10.0 Å². The maximum Gasteiger partial charge on any atom is 0.252 e. The van der Waals surface area contributed by atoms with E-state index < -0.39 is 10.0 Å². The molecule has 2 aromatic heterocycles. The fraction of sp³-hybridized carbons (Fsp3) is 0.174. The molecule has 154 valence electrons. The van der Waals surface area contributed by atoms with Gasteiger partial charge in [0.25, 0.3) is 5.56 Å². The van der Waals surface area contributed by atoms with Crippen molar-refractivity contribution in [3.05, 3.63) is 99.7 Å². The van der Waals surface area contributed by atoms with Gasteiger partial charge in [0.05, 0.1) is 23.2 Å². The molecule has 0 aliphatic heterocycles. The van der Waals surface area contributed by atoms with Crippen LogP contribution in [0, 0.1) is 13.8 Å². The van der Waals surface area contributed by atoms with Crippen LogP contribution < -0.4 is 5.56 Å². The monoisotopic (exact) mass is 422 g/mol. The summed E-state index contributed by atoms with van der Waals surface area (Å²) in [4.78, 5) is 15.9. The first-order chi connectivity index (χ1) is 14.4. The molecular weight excluding hydrogens is 400 g/mol. The molecule has 2 aromatic carbocycles. The topological polar surface area (TPSA) is 83.4 Å². The molecule has 30 heavy (non-hydrogen) atoms. The summed E-state index contributed by atoms with van der Waals surface area (Å²) in [5.74, 6) is 0.498. The molecule has 1 N–H and O–H groups in total. The summed E-state index contributed by atoms with van der Waals surface area (Å²) in [6, 6.07) is 17.3. The van der Waals surface area contributed by atoms with Crippen LogP contribution in [0.4, 0.5) is 0 Å². The zero-order chi connectivity index (χ0) is 21.3. The lowest BCUT2D eigenvalue weighted by Gasteiger charge is -2.21. The van der Waals surface area contributed by atoms with E-state index in [-0.39, 0.29) is 23.5 Å². The van der Waals surface area contributed by atoms with Gasteiger partial charge in [-0.3, -0.25) is 4.79 Å². The number of pyridine rings is 1. The van der Waals surface area contributed by atoms with Gasteiger partial charge in [-0.1, -0.05) is 30.3 Å². The van der Waals surface area contributed by atoms with Crippen molar-refractivity contribution in [3.63, 3.8) is 0 Å². The number of hydrogen-bond acceptors (Lipinski definition) is 4. The SMILES string of the molecule is Cc1ccc2cc(CN(Cc3ccco3)S(=O)(=O)c3ccccc3)c(=O)[nH]c2c1C. The van der Waals surface area contributed by atoms with Crippen molar-refractivity contribution < 1.29 is 12.8 Å². The van der Waals surface area contributed by atoms with E-state index in [1.54, 1.807) is 48.5 Å². The van der Waals surface area contributed by atoms with Crippen LogP contribution in [-0.2, 0) is 23.1 Å². The van der Waals surface area contributed by atoms with E-state index in [9.17, 15) is 13.2 Å². The molecule has 0 saturated carbocycles. The van der Waals surface area contributed by atoms with Crippen LogP contribution in [0.3, 0.4) is 0 Å². The summed E-state index contributed by atoms with van der Waals surface area (Å²) in [6.45, 7) is 3.89. The quantitative estimate of drug-likeness (QED) is 0.506. The first-order valence-corrected chi connectivity index (χ1v) is 11.0. The molecule has 0 aliphatic carbocycles. The number of sulfonamides is 1. The first kappa shape index (κ1) is 20.1. The van der Waals surface area contributed by atoms with Crippen molar-refractivity contribution in [3.8, 4) is 0 Å². The number of rotatable bonds is 6. The number of furan rings is 1. The number of H-pyrrole nitrogens is 1. The van der Waals surface area contributed by atoms with Crippen LogP contribution >= 0.6 is 0 Å². The number of fused-ring (bicyclic) bond motifs is 1. The van der Waals surface area contributed by atoms with Crippen LogP contribution in [0.2, 0.25) is 0 Å². The summed E-state index contributed by atoms with van der Waals surface area (Å²) in [7, 11) is -3.84. The summed E-state index contributed by atoms with van der Waals surface area (Å²) < 4.78 is 33.2. The van der Waals surface area contributed by atoms with Crippen molar-refractivity contribution in [2.24, 2.45) is 0 Å². The molecule has 0 amide bonds. The maximum atomic E-state index is 13.3. The highest BCUT2D eigenvalue weighted by atomic mass is 32.2. The van der Waals surface area contributed by atoms with Gasteiger partial charge >= 0.3 is 0 Å². The predicted octanol–water partition coefficient (Wildman–Crippen LogP) is 4.13. The van der Waals surface area contributed by atoms with E-state index in [0.717, 1.165) is 22.0 Å². The highest BCUT2D eigenvalue weighted by Gasteiger charge is 2.26. The predicted molar refractivity (Wildman–Crippen MR) is 116 cm³/mol. The smallest absolute Gasteiger partial charge is 0.252 e. The molecule has 7 heteroatoms. The van der Waals surface area contributed by atoms with Crippen LogP contribution in [0.5, 0.6) is 0 Å². The molecule has 0 fully saturated rings. The molecule has 4 aromatic rings. The Bertz CT molecular complexity index is 1340. The minimum Gasteiger partial charge on any atom is -0.468 e. The molecule has 6 nitrogen and oxygen atoms in total. The van der Waals surface area contributed by atoms with E-state index in [4.69, 9.17) is 4.42 Å². The second-order valence-electron chi connectivity index (χ2n) is 7.26. The zero-order valence-corrected chi connectivity index (χ0v) is 17.6. The molecule has 0 unspecified atom stereocenters. The van der Waals surface area contributed by atoms with Crippen LogP contribution in [-0.4, -0.2) is 17.7 Å². The van der Waals surface area contributed by atoms with Crippen molar-refractivity contribution >= 4 is 20.9 Å². The molecule has 0 atom stereocenters. The summed E-state index contributed by atoms with van der Waals surface area (Å²) in [5.41, 5.74) is 2.92. The molecule has 0 bridgehead atoms. The van der Waals surface area contributed by atoms with Gasteiger partial charge < -0.3 is 9.40 Å². The van der Waals surface area contributed by atoms with Gasteiger partial charge in [0, 0.05) is 12.1 Å². The Hall–Kier alpha value is -3.16. The standard InChI is InChI=1S/C23H22N2O4S/c1-16-10-11-18-13-19(23(26)24-22(18)17(16)2)14-25(15-20-7-6-12-29-20)30(27,28)21-8-4-3-5-9-21/h3-13H,14-15H2,1-2H3,(H,24,26). The molecule has 0 radical (unpaired) electrons. The van der Waals surface area contributed by atoms with Gasteiger partial charge in [-0.05, 0) is 60.7 Å². The molecule has 2 heterocycles. The lowest BCUT2D eigenvalue weighted by molar-refractivity contribution is 0.357. The Labute approximate surface area is 174 Å². The third-order valence-corrected chi connectivity index (χ3v) is 7.07.